The SMILES string of the molecule is CON(C)CC[O]. The first kappa shape index (κ1) is 6.88. The summed E-state index contributed by atoms with van der Waals surface area (Å²) in [6, 6.07) is 0. The van der Waals surface area contributed by atoms with Gasteiger partial charge in [-0.2, -0.15) is 5.06 Å². The van der Waals surface area contributed by atoms with E-state index in [1.807, 2.05) is 0 Å². The molecule has 0 N–H and O–H groups in total. The fourth-order valence-corrected chi connectivity index (χ4v) is 0.220. The van der Waals surface area contributed by atoms with E-state index in [2.05, 4.69) is 4.84 Å². The van der Waals surface area contributed by atoms with Crippen LogP contribution < -0.4 is 0 Å². The third kappa shape index (κ3) is 3.72. The van der Waals surface area contributed by atoms with Crippen LogP contribution in [0.15, 0.2) is 0 Å². The van der Waals surface area contributed by atoms with Crippen LogP contribution in [0.2, 0.25) is 0 Å². The van der Waals surface area contributed by atoms with E-state index in [4.69, 9.17) is 0 Å². The fourth-order valence-electron chi connectivity index (χ4n) is 0.220. The van der Waals surface area contributed by atoms with Crippen molar-refractivity contribution < 1.29 is 9.94 Å². The summed E-state index contributed by atoms with van der Waals surface area (Å²) in [5.41, 5.74) is 0. The van der Waals surface area contributed by atoms with Crippen LogP contribution in [-0.4, -0.2) is 32.4 Å². The lowest BCUT2D eigenvalue weighted by Crippen LogP contribution is -2.19. The molecule has 3 heteroatoms. The Labute approximate surface area is 43.5 Å². The molecule has 0 heterocycles. The molecule has 0 aromatic heterocycles. The molecule has 0 aromatic carbocycles. The monoisotopic (exact) mass is 104 g/mol. The van der Waals surface area contributed by atoms with Crippen molar-refractivity contribution in [2.24, 2.45) is 0 Å². The Kier molecular flexibility index (Phi) is 3.98. The predicted molar refractivity (Wildman–Crippen MR) is 25.2 cm³/mol. The second kappa shape index (κ2) is 4.05. The Morgan fingerprint density at radius 1 is 1.71 bits per heavy atom. The van der Waals surface area contributed by atoms with Gasteiger partial charge in [0.2, 0.25) is 0 Å². The molecule has 0 unspecified atom stereocenters. The van der Waals surface area contributed by atoms with Gasteiger partial charge in [0.05, 0.1) is 20.3 Å². The van der Waals surface area contributed by atoms with Gasteiger partial charge >= 0.3 is 0 Å². The van der Waals surface area contributed by atoms with Gasteiger partial charge < -0.3 is 4.84 Å². The summed E-state index contributed by atoms with van der Waals surface area (Å²) >= 11 is 0. The van der Waals surface area contributed by atoms with E-state index in [0.717, 1.165) is 0 Å². The van der Waals surface area contributed by atoms with Crippen molar-refractivity contribution in [1.82, 2.24) is 5.06 Å². The van der Waals surface area contributed by atoms with E-state index in [1.54, 1.807) is 7.05 Å². The standard InChI is InChI=1S/C4H10NO2/c1-5(7-2)3-4-6/h3-4H2,1-2H3. The van der Waals surface area contributed by atoms with Gasteiger partial charge in [-0.05, 0) is 0 Å². The first-order valence-electron chi connectivity index (χ1n) is 2.14. The minimum absolute atomic E-state index is 0.107. The van der Waals surface area contributed by atoms with Crippen LogP contribution in [-0.2, 0) is 9.94 Å². The normalized spacial score (nSPS) is 10.3. The molecule has 1 radical (unpaired) electrons. The van der Waals surface area contributed by atoms with Gasteiger partial charge in [-0.15, -0.1) is 0 Å². The van der Waals surface area contributed by atoms with E-state index in [-0.39, 0.29) is 6.61 Å². The van der Waals surface area contributed by atoms with Gasteiger partial charge in [-0.25, -0.2) is 5.11 Å². The largest absolute Gasteiger partial charge is 0.302 e. The Morgan fingerprint density at radius 3 is 2.43 bits per heavy atom. The molecule has 0 saturated heterocycles. The van der Waals surface area contributed by atoms with E-state index in [1.165, 1.54) is 12.2 Å². The second-order valence-electron chi connectivity index (χ2n) is 1.24. The summed E-state index contributed by atoms with van der Waals surface area (Å²) in [6.45, 7) is 0.348. The lowest BCUT2D eigenvalue weighted by atomic mass is 10.7. The predicted octanol–water partition coefficient (Wildman–Crippen LogP) is -0.0899. The molecule has 0 aliphatic heterocycles. The zero-order chi connectivity index (χ0) is 5.70. The molecule has 3 nitrogen and oxygen atoms in total. The van der Waals surface area contributed by atoms with E-state index in [9.17, 15) is 5.11 Å². The van der Waals surface area contributed by atoms with Gasteiger partial charge in [0.1, 0.15) is 0 Å². The summed E-state index contributed by atoms with van der Waals surface area (Å²) in [6.07, 6.45) is 0. The molecular weight excluding hydrogens is 94.0 g/mol. The third-order valence-corrected chi connectivity index (χ3v) is 0.718. The summed E-state index contributed by atoms with van der Waals surface area (Å²) in [4.78, 5) is 4.62. The maximum atomic E-state index is 9.78. The Morgan fingerprint density at radius 2 is 2.29 bits per heavy atom. The minimum atomic E-state index is -0.107. The maximum Gasteiger partial charge on any atom is 0.0972 e. The van der Waals surface area contributed by atoms with Crippen molar-refractivity contribution in [2.75, 3.05) is 27.3 Å². The highest BCUT2D eigenvalue weighted by atomic mass is 16.7. The molecular formula is C4H10NO2. The average Bonchev–Trinajstić information content (AvgIpc) is 1.68. The number of hydrogen-bond donors (Lipinski definition) is 0. The highest BCUT2D eigenvalue weighted by molar-refractivity contribution is 4.28. The Hall–Kier alpha value is -0.120. The number of likely N-dealkylation sites (N-methyl/N-ethyl adjacent to an activating group) is 1. The molecule has 43 valence electrons. The molecule has 0 atom stereocenters. The van der Waals surface area contributed by atoms with Crippen LogP contribution >= 0.6 is 0 Å². The zero-order valence-electron chi connectivity index (χ0n) is 4.68. The number of rotatable bonds is 3. The smallest absolute Gasteiger partial charge is 0.0972 e. The highest BCUT2D eigenvalue weighted by Gasteiger charge is 1.89. The van der Waals surface area contributed by atoms with Crippen LogP contribution in [0.25, 0.3) is 0 Å². The molecule has 0 aromatic rings. The van der Waals surface area contributed by atoms with Crippen molar-refractivity contribution in [1.29, 1.82) is 0 Å². The van der Waals surface area contributed by atoms with Crippen molar-refractivity contribution >= 4 is 0 Å². The molecule has 0 spiro atoms. The third-order valence-electron chi connectivity index (χ3n) is 0.718. The van der Waals surface area contributed by atoms with Crippen molar-refractivity contribution in [3.63, 3.8) is 0 Å². The van der Waals surface area contributed by atoms with E-state index < -0.39 is 0 Å². The Bertz CT molecular complexity index is 40.7. The molecule has 0 aliphatic carbocycles. The summed E-state index contributed by atoms with van der Waals surface area (Å²) < 4.78 is 0. The van der Waals surface area contributed by atoms with E-state index in [0.29, 0.717) is 6.54 Å². The number of hydroxylamine groups is 2. The Balaban J connectivity index is 2.83. The molecule has 0 fully saturated rings. The minimum Gasteiger partial charge on any atom is -0.302 e. The van der Waals surface area contributed by atoms with Gasteiger partial charge in [0.15, 0.2) is 0 Å². The van der Waals surface area contributed by atoms with Gasteiger partial charge in [-0.3, -0.25) is 0 Å². The first-order valence-corrected chi connectivity index (χ1v) is 2.14. The topological polar surface area (TPSA) is 32.4 Å². The molecule has 0 saturated carbocycles. The van der Waals surface area contributed by atoms with E-state index >= 15 is 0 Å². The van der Waals surface area contributed by atoms with Crippen LogP contribution in [0.1, 0.15) is 0 Å². The van der Waals surface area contributed by atoms with Crippen LogP contribution in [0.3, 0.4) is 0 Å². The number of hydrogen-bond acceptors (Lipinski definition) is 2. The van der Waals surface area contributed by atoms with Crippen LogP contribution in [0.5, 0.6) is 0 Å². The second-order valence-corrected chi connectivity index (χ2v) is 1.24. The van der Waals surface area contributed by atoms with Crippen LogP contribution in [0.4, 0.5) is 0 Å². The highest BCUT2D eigenvalue weighted by Crippen LogP contribution is 1.76. The lowest BCUT2D eigenvalue weighted by molar-refractivity contribution is -0.119. The molecule has 0 amide bonds. The van der Waals surface area contributed by atoms with Crippen LogP contribution in [0, 0.1) is 0 Å². The van der Waals surface area contributed by atoms with Crippen molar-refractivity contribution in [3.05, 3.63) is 0 Å². The number of nitrogens with zero attached hydrogens (tertiary/aromatic N) is 1. The molecule has 0 rings (SSSR count). The zero-order valence-corrected chi connectivity index (χ0v) is 4.68. The summed E-state index contributed by atoms with van der Waals surface area (Å²) in [5, 5.41) is 11.3. The van der Waals surface area contributed by atoms with Crippen molar-refractivity contribution in [3.8, 4) is 0 Å². The lowest BCUT2D eigenvalue weighted by Gasteiger charge is -2.08. The van der Waals surface area contributed by atoms with Gasteiger partial charge in [-0.1, -0.05) is 0 Å². The first-order chi connectivity index (χ1) is 3.31. The van der Waals surface area contributed by atoms with Gasteiger partial charge in [0.25, 0.3) is 0 Å². The van der Waals surface area contributed by atoms with Crippen molar-refractivity contribution in [2.45, 2.75) is 0 Å². The molecule has 0 bridgehead atoms. The quantitative estimate of drug-likeness (QED) is 0.469. The maximum absolute atomic E-state index is 9.78. The fraction of sp³-hybridized carbons (Fsp3) is 1.00. The van der Waals surface area contributed by atoms with Gasteiger partial charge in [0, 0.05) is 7.05 Å². The molecule has 0 aliphatic rings. The average molecular weight is 104 g/mol. The summed E-state index contributed by atoms with van der Waals surface area (Å²) in [5.74, 6) is 0. The molecule has 7 heavy (non-hydrogen) atoms. The summed E-state index contributed by atoms with van der Waals surface area (Å²) in [7, 11) is 3.26.